The van der Waals surface area contributed by atoms with Crippen LogP contribution in [0.3, 0.4) is 0 Å². The van der Waals surface area contributed by atoms with Gasteiger partial charge in [-0.25, -0.2) is 4.79 Å². The van der Waals surface area contributed by atoms with Crippen LogP contribution in [0.15, 0.2) is 0 Å². The van der Waals surface area contributed by atoms with Crippen molar-refractivity contribution in [2.75, 3.05) is 0 Å². The number of nitrogens with two attached hydrogens (primary N) is 1. The van der Waals surface area contributed by atoms with Crippen LogP contribution in [0, 0.1) is 11.8 Å². The molecule has 2 rings (SSSR count). The average molecular weight is 296 g/mol. The van der Waals surface area contributed by atoms with E-state index in [0.717, 1.165) is 25.7 Å². The number of carbonyl (C=O) groups is 2. The Morgan fingerprint density at radius 1 is 1.19 bits per heavy atom. The minimum Gasteiger partial charge on any atom is -0.480 e. The fraction of sp³-hybridized carbons (Fsp3) is 0.875. The molecular weight excluding hydrogens is 268 g/mol. The first-order valence-corrected chi connectivity index (χ1v) is 8.22. The van der Waals surface area contributed by atoms with Crippen LogP contribution in [-0.2, 0) is 9.59 Å². The number of likely N-dealkylation sites (tertiary alicyclic amines) is 1. The number of amides is 1. The molecule has 0 bridgehead atoms. The first-order valence-electron chi connectivity index (χ1n) is 8.22. The van der Waals surface area contributed by atoms with Crippen molar-refractivity contribution in [2.24, 2.45) is 17.6 Å². The smallest absolute Gasteiger partial charge is 0.326 e. The molecule has 3 N–H and O–H groups in total. The van der Waals surface area contributed by atoms with Gasteiger partial charge in [0, 0.05) is 6.04 Å². The van der Waals surface area contributed by atoms with Crippen LogP contribution < -0.4 is 5.73 Å². The van der Waals surface area contributed by atoms with Crippen molar-refractivity contribution in [1.82, 2.24) is 4.90 Å². The van der Waals surface area contributed by atoms with Crippen molar-refractivity contribution in [3.63, 3.8) is 0 Å². The summed E-state index contributed by atoms with van der Waals surface area (Å²) >= 11 is 0. The van der Waals surface area contributed by atoms with Gasteiger partial charge in [0.25, 0.3) is 0 Å². The van der Waals surface area contributed by atoms with Gasteiger partial charge in [-0.05, 0) is 43.9 Å². The predicted octanol–water partition coefficient (Wildman–Crippen LogP) is 1.99. The Bertz CT molecular complexity index is 397. The summed E-state index contributed by atoms with van der Waals surface area (Å²) in [4.78, 5) is 25.9. The number of hydrogen-bond acceptors (Lipinski definition) is 3. The highest BCUT2D eigenvalue weighted by molar-refractivity contribution is 5.87. The molecule has 2 aliphatic rings. The molecule has 2 fully saturated rings. The minimum absolute atomic E-state index is 0.0827. The fourth-order valence-electron chi connectivity index (χ4n) is 3.99. The highest BCUT2D eigenvalue weighted by Gasteiger charge is 2.44. The molecule has 21 heavy (non-hydrogen) atoms. The molecule has 0 aromatic carbocycles. The van der Waals surface area contributed by atoms with E-state index >= 15 is 0 Å². The van der Waals surface area contributed by atoms with Crippen molar-refractivity contribution in [1.29, 1.82) is 0 Å². The van der Waals surface area contributed by atoms with E-state index in [2.05, 4.69) is 0 Å². The summed E-state index contributed by atoms with van der Waals surface area (Å²) in [5.41, 5.74) is 6.05. The van der Waals surface area contributed by atoms with Crippen LogP contribution in [-0.4, -0.2) is 40.0 Å². The lowest BCUT2D eigenvalue weighted by Crippen LogP contribution is -2.61. The van der Waals surface area contributed by atoms with Crippen molar-refractivity contribution in [3.8, 4) is 0 Å². The molecule has 0 radical (unpaired) electrons. The number of fused-ring (bicyclic) bond motifs is 1. The summed E-state index contributed by atoms with van der Waals surface area (Å²) in [7, 11) is 0. The van der Waals surface area contributed by atoms with Crippen LogP contribution in [0.1, 0.15) is 58.8 Å². The second kappa shape index (κ2) is 6.77. The quantitative estimate of drug-likeness (QED) is 0.831. The Hall–Kier alpha value is -1.10. The maximum absolute atomic E-state index is 12.7. The molecule has 1 heterocycles. The molecular formula is C16H28N2O3. The SMILES string of the molecule is CC(C)C[C@@H](N)C(=O)N1C(C(=O)O)CCC2CCCCC21. The molecule has 4 atom stereocenters. The van der Waals surface area contributed by atoms with Gasteiger partial charge in [-0.1, -0.05) is 26.7 Å². The molecule has 1 amide bonds. The third-order valence-electron chi connectivity index (χ3n) is 4.96. The second-order valence-corrected chi connectivity index (χ2v) is 7.02. The number of carboxylic acids is 1. The van der Waals surface area contributed by atoms with E-state index in [4.69, 9.17) is 5.73 Å². The lowest BCUT2D eigenvalue weighted by atomic mass is 9.76. The minimum atomic E-state index is -0.885. The van der Waals surface area contributed by atoms with Gasteiger partial charge in [0.05, 0.1) is 6.04 Å². The zero-order valence-corrected chi connectivity index (χ0v) is 13.1. The van der Waals surface area contributed by atoms with Crippen LogP contribution in [0.5, 0.6) is 0 Å². The number of hydrogen-bond donors (Lipinski definition) is 2. The molecule has 1 aliphatic carbocycles. The van der Waals surface area contributed by atoms with Crippen LogP contribution in [0.4, 0.5) is 0 Å². The number of nitrogens with zero attached hydrogens (tertiary/aromatic N) is 1. The van der Waals surface area contributed by atoms with E-state index in [-0.39, 0.29) is 11.9 Å². The van der Waals surface area contributed by atoms with Gasteiger partial charge < -0.3 is 15.7 Å². The maximum Gasteiger partial charge on any atom is 0.326 e. The molecule has 0 aromatic heterocycles. The number of carbonyl (C=O) groups excluding carboxylic acids is 1. The van der Waals surface area contributed by atoms with Crippen molar-refractivity contribution >= 4 is 11.9 Å². The first kappa shape index (κ1) is 16.3. The summed E-state index contributed by atoms with van der Waals surface area (Å²) in [6.45, 7) is 4.06. The third-order valence-corrected chi connectivity index (χ3v) is 4.96. The van der Waals surface area contributed by atoms with Gasteiger partial charge in [0.15, 0.2) is 0 Å². The zero-order valence-electron chi connectivity index (χ0n) is 13.1. The number of aliphatic carboxylic acids is 1. The first-order chi connectivity index (χ1) is 9.91. The van der Waals surface area contributed by atoms with Gasteiger partial charge in [-0.2, -0.15) is 0 Å². The maximum atomic E-state index is 12.7. The largest absolute Gasteiger partial charge is 0.480 e. The molecule has 3 unspecified atom stereocenters. The van der Waals surface area contributed by atoms with Gasteiger partial charge in [0.2, 0.25) is 5.91 Å². The van der Waals surface area contributed by atoms with E-state index in [9.17, 15) is 14.7 Å². The number of rotatable bonds is 4. The van der Waals surface area contributed by atoms with E-state index in [1.54, 1.807) is 4.90 Å². The Labute approximate surface area is 126 Å². The molecule has 1 saturated heterocycles. The Morgan fingerprint density at radius 3 is 2.48 bits per heavy atom. The fourth-order valence-corrected chi connectivity index (χ4v) is 3.99. The highest BCUT2D eigenvalue weighted by Crippen LogP contribution is 2.38. The molecule has 5 heteroatoms. The standard InChI is InChI=1S/C16H28N2O3/c1-10(2)9-12(17)15(19)18-13-6-4-3-5-11(13)7-8-14(18)16(20)21/h10-14H,3-9,17H2,1-2H3,(H,20,21)/t11?,12-,13?,14?/m1/s1. The molecule has 0 aromatic rings. The molecule has 5 nitrogen and oxygen atoms in total. The summed E-state index contributed by atoms with van der Waals surface area (Å²) in [5.74, 6) is -0.249. The summed E-state index contributed by atoms with van der Waals surface area (Å²) < 4.78 is 0. The average Bonchev–Trinajstić information content (AvgIpc) is 2.44. The number of piperidine rings is 1. The van der Waals surface area contributed by atoms with E-state index in [1.807, 2.05) is 13.8 Å². The normalized spacial score (nSPS) is 30.9. The molecule has 0 spiro atoms. The lowest BCUT2D eigenvalue weighted by Gasteiger charge is -2.48. The predicted molar refractivity (Wildman–Crippen MR) is 80.7 cm³/mol. The topological polar surface area (TPSA) is 83.6 Å². The van der Waals surface area contributed by atoms with Gasteiger partial charge in [0.1, 0.15) is 6.04 Å². The van der Waals surface area contributed by atoms with E-state index < -0.39 is 18.1 Å². The third kappa shape index (κ3) is 3.57. The summed E-state index contributed by atoms with van der Waals surface area (Å²) in [6, 6.07) is -1.18. The van der Waals surface area contributed by atoms with Crippen molar-refractivity contribution in [3.05, 3.63) is 0 Å². The highest BCUT2D eigenvalue weighted by atomic mass is 16.4. The summed E-state index contributed by atoms with van der Waals surface area (Å²) in [6.07, 6.45) is 6.41. The van der Waals surface area contributed by atoms with Crippen LogP contribution >= 0.6 is 0 Å². The summed E-state index contributed by atoms with van der Waals surface area (Å²) in [5, 5.41) is 9.48. The van der Waals surface area contributed by atoms with E-state index in [0.29, 0.717) is 24.7 Å². The Morgan fingerprint density at radius 2 is 1.86 bits per heavy atom. The van der Waals surface area contributed by atoms with Crippen molar-refractivity contribution < 1.29 is 14.7 Å². The van der Waals surface area contributed by atoms with Gasteiger partial charge in [-0.15, -0.1) is 0 Å². The number of carboxylic acid groups (broad SMARTS) is 1. The van der Waals surface area contributed by atoms with E-state index in [1.165, 1.54) is 6.42 Å². The molecule has 1 aliphatic heterocycles. The Kier molecular flexibility index (Phi) is 5.25. The second-order valence-electron chi connectivity index (χ2n) is 7.02. The van der Waals surface area contributed by atoms with Crippen molar-refractivity contribution in [2.45, 2.75) is 76.9 Å². The molecule has 1 saturated carbocycles. The monoisotopic (exact) mass is 296 g/mol. The van der Waals surface area contributed by atoms with Crippen LogP contribution in [0.25, 0.3) is 0 Å². The zero-order chi connectivity index (χ0) is 15.6. The van der Waals surface area contributed by atoms with Crippen LogP contribution in [0.2, 0.25) is 0 Å². The van der Waals surface area contributed by atoms with Gasteiger partial charge >= 0.3 is 5.97 Å². The Balaban J connectivity index is 2.19. The lowest BCUT2D eigenvalue weighted by molar-refractivity contribution is -0.159. The molecule has 120 valence electrons. The van der Waals surface area contributed by atoms with Gasteiger partial charge in [-0.3, -0.25) is 4.79 Å².